The van der Waals surface area contributed by atoms with Crippen molar-refractivity contribution in [3.63, 3.8) is 0 Å². The molecule has 0 saturated carbocycles. The number of ether oxygens (including phenoxy) is 1. The number of alkyl carbamates (subject to hydrolysis) is 1. The first-order valence-corrected chi connectivity index (χ1v) is 12.4. The summed E-state index contributed by atoms with van der Waals surface area (Å²) >= 11 is 0. The van der Waals surface area contributed by atoms with Gasteiger partial charge in [0.15, 0.2) is 0 Å². The zero-order valence-corrected chi connectivity index (χ0v) is 18.4. The van der Waals surface area contributed by atoms with Gasteiger partial charge in [0, 0.05) is 0 Å². The molecule has 0 aromatic heterocycles. The zero-order chi connectivity index (χ0) is 20.8. The summed E-state index contributed by atoms with van der Waals surface area (Å²) in [6.07, 6.45) is -1.37. The lowest BCUT2D eigenvalue weighted by Gasteiger charge is -2.36. The molecule has 2 aromatic carbocycles. The lowest BCUT2D eigenvalue weighted by Crippen LogP contribution is -2.43. The summed E-state index contributed by atoms with van der Waals surface area (Å²) in [7, 11) is -1.89. The van der Waals surface area contributed by atoms with Gasteiger partial charge in [-0.05, 0) is 41.4 Å². The van der Waals surface area contributed by atoms with Gasteiger partial charge in [-0.25, -0.2) is 4.79 Å². The van der Waals surface area contributed by atoms with Crippen LogP contribution in [0.3, 0.4) is 0 Å². The van der Waals surface area contributed by atoms with Crippen molar-refractivity contribution in [1.29, 1.82) is 0 Å². The summed E-state index contributed by atoms with van der Waals surface area (Å²) in [4.78, 5) is 11.8. The molecule has 6 heteroatoms. The van der Waals surface area contributed by atoms with E-state index in [1.807, 2.05) is 54.6 Å². The van der Waals surface area contributed by atoms with Gasteiger partial charge in [0.2, 0.25) is 8.32 Å². The monoisotopic (exact) mass is 401 g/mol. The van der Waals surface area contributed by atoms with E-state index in [2.05, 4.69) is 39.2 Å². The second-order valence-electron chi connectivity index (χ2n) is 8.39. The molecule has 152 valence electrons. The van der Waals surface area contributed by atoms with Crippen LogP contribution in [0, 0.1) is 0 Å². The average molecular weight is 402 g/mol. The molecule has 2 aromatic rings. The minimum atomic E-state index is -1.89. The Labute approximate surface area is 168 Å². The van der Waals surface area contributed by atoms with Crippen LogP contribution in [0.1, 0.15) is 38.0 Å². The van der Waals surface area contributed by atoms with Crippen LogP contribution in [0.15, 0.2) is 54.6 Å². The first kappa shape index (κ1) is 22.0. The molecule has 0 heterocycles. The van der Waals surface area contributed by atoms with Gasteiger partial charge in [0.05, 0.1) is 12.6 Å². The highest BCUT2D eigenvalue weighted by atomic mass is 28.4. The van der Waals surface area contributed by atoms with E-state index in [4.69, 9.17) is 9.16 Å². The highest BCUT2D eigenvalue weighted by Gasteiger charge is 2.38. The molecule has 0 aliphatic rings. The quantitative estimate of drug-likeness (QED) is 0.639. The molecule has 1 amide bonds. The number of amides is 1. The maximum atomic E-state index is 11.8. The fourth-order valence-electron chi connectivity index (χ4n) is 2.28. The molecule has 0 saturated heterocycles. The fourth-order valence-corrected chi connectivity index (χ4v) is 3.31. The van der Waals surface area contributed by atoms with Gasteiger partial charge in [-0.2, -0.15) is 0 Å². The third kappa shape index (κ3) is 6.39. The molecule has 0 bridgehead atoms. The molecule has 0 spiro atoms. The molecule has 0 unspecified atom stereocenters. The molecule has 0 aliphatic heterocycles. The fraction of sp³-hybridized carbons (Fsp3) is 0.409. The molecule has 0 radical (unpaired) electrons. The van der Waals surface area contributed by atoms with Crippen molar-refractivity contribution in [1.82, 2.24) is 5.32 Å². The normalized spacial score (nSPS) is 12.9. The predicted octanol–water partition coefficient (Wildman–Crippen LogP) is 5.03. The van der Waals surface area contributed by atoms with E-state index < -0.39 is 20.5 Å². The Kier molecular flexibility index (Phi) is 7.27. The van der Waals surface area contributed by atoms with Crippen LogP contribution in [0.25, 0.3) is 0 Å². The van der Waals surface area contributed by atoms with Crippen molar-refractivity contribution >= 4 is 14.4 Å². The van der Waals surface area contributed by atoms with Crippen LogP contribution in [-0.2, 0) is 11.3 Å². The molecule has 28 heavy (non-hydrogen) atoms. The first-order chi connectivity index (χ1) is 13.1. The minimum absolute atomic E-state index is 0.0794. The Bertz CT molecular complexity index is 754. The van der Waals surface area contributed by atoms with E-state index in [0.717, 1.165) is 11.3 Å². The molecule has 2 N–H and O–H groups in total. The molecular weight excluding hydrogens is 370 g/mol. The number of carbonyl (C=O) groups excluding carboxylic acids is 1. The van der Waals surface area contributed by atoms with Gasteiger partial charge >= 0.3 is 6.09 Å². The highest BCUT2D eigenvalue weighted by Crippen LogP contribution is 2.37. The predicted molar refractivity (Wildman–Crippen MR) is 114 cm³/mol. The number of benzene rings is 2. The van der Waals surface area contributed by atoms with E-state index >= 15 is 0 Å². The second-order valence-corrected chi connectivity index (χ2v) is 13.1. The average Bonchev–Trinajstić information content (AvgIpc) is 2.64. The van der Waals surface area contributed by atoms with Gasteiger partial charge in [0.1, 0.15) is 12.4 Å². The molecular formula is C22H31NO4Si. The lowest BCUT2D eigenvalue weighted by atomic mass is 10.1. The van der Waals surface area contributed by atoms with E-state index in [1.54, 1.807) is 0 Å². The van der Waals surface area contributed by atoms with Crippen LogP contribution in [-0.4, -0.2) is 26.1 Å². The smallest absolute Gasteiger partial charge is 0.407 e. The Morgan fingerprint density at radius 2 is 1.68 bits per heavy atom. The molecule has 1 atom stereocenters. The molecule has 5 nitrogen and oxygen atoms in total. The van der Waals surface area contributed by atoms with Crippen molar-refractivity contribution in [2.45, 2.75) is 51.6 Å². The topological polar surface area (TPSA) is 67.8 Å². The Morgan fingerprint density at radius 1 is 1.07 bits per heavy atom. The number of nitrogens with one attached hydrogen (secondary N) is 1. The second kappa shape index (κ2) is 9.25. The van der Waals surface area contributed by atoms with Gasteiger partial charge in [0.25, 0.3) is 0 Å². The van der Waals surface area contributed by atoms with Crippen LogP contribution in [0.2, 0.25) is 18.1 Å². The van der Waals surface area contributed by atoms with Crippen molar-refractivity contribution in [3.8, 4) is 5.75 Å². The number of aliphatic hydroxyl groups excluding tert-OH is 1. The highest BCUT2D eigenvalue weighted by molar-refractivity contribution is 6.74. The van der Waals surface area contributed by atoms with Crippen LogP contribution >= 0.6 is 0 Å². The number of hydrogen-bond donors (Lipinski definition) is 2. The zero-order valence-electron chi connectivity index (χ0n) is 17.4. The number of hydrogen-bond acceptors (Lipinski definition) is 4. The molecule has 2 rings (SSSR count). The van der Waals surface area contributed by atoms with Gasteiger partial charge < -0.3 is 19.6 Å². The largest absolute Gasteiger partial charge is 0.544 e. The van der Waals surface area contributed by atoms with E-state index in [1.165, 1.54) is 0 Å². The van der Waals surface area contributed by atoms with Gasteiger partial charge in [-0.1, -0.05) is 63.2 Å². The Morgan fingerprint density at radius 3 is 2.25 bits per heavy atom. The van der Waals surface area contributed by atoms with Crippen LogP contribution < -0.4 is 9.74 Å². The SMILES string of the molecule is CC(C)(C)[Si](C)(C)Oc1ccc([C@H](O)CNC(=O)OCc2ccccc2)cc1. The summed E-state index contributed by atoms with van der Waals surface area (Å²) in [5.41, 5.74) is 1.63. The van der Waals surface area contributed by atoms with Crippen molar-refractivity contribution in [2.75, 3.05) is 6.54 Å². The van der Waals surface area contributed by atoms with E-state index in [-0.39, 0.29) is 18.2 Å². The summed E-state index contributed by atoms with van der Waals surface area (Å²) in [5.74, 6) is 0.803. The number of aliphatic hydroxyl groups is 1. The third-order valence-corrected chi connectivity index (χ3v) is 9.45. The Hall–Kier alpha value is -2.31. The van der Waals surface area contributed by atoms with Crippen molar-refractivity contribution < 1.29 is 19.1 Å². The number of carbonyl (C=O) groups is 1. The Balaban J connectivity index is 1.82. The standard InChI is InChI=1S/C22H31NO4Si/c1-22(2,3)28(4,5)27-19-13-11-18(12-14-19)20(24)15-23-21(25)26-16-17-9-7-6-8-10-17/h6-14,20,24H,15-16H2,1-5H3,(H,23,25)/t20-/m1/s1. The van der Waals surface area contributed by atoms with Crippen LogP contribution in [0.4, 0.5) is 4.79 Å². The number of rotatable bonds is 7. The summed E-state index contributed by atoms with van der Waals surface area (Å²) in [6.45, 7) is 11.2. The van der Waals surface area contributed by atoms with E-state index in [0.29, 0.717) is 5.56 Å². The van der Waals surface area contributed by atoms with Crippen molar-refractivity contribution in [3.05, 3.63) is 65.7 Å². The summed E-state index contributed by atoms with van der Waals surface area (Å²) < 4.78 is 11.4. The molecule has 0 aliphatic carbocycles. The van der Waals surface area contributed by atoms with Gasteiger partial charge in [-0.3, -0.25) is 0 Å². The maximum absolute atomic E-state index is 11.8. The maximum Gasteiger partial charge on any atom is 0.407 e. The summed E-state index contributed by atoms with van der Waals surface area (Å²) in [5, 5.41) is 13.0. The minimum Gasteiger partial charge on any atom is -0.544 e. The third-order valence-electron chi connectivity index (χ3n) is 5.10. The van der Waals surface area contributed by atoms with E-state index in [9.17, 15) is 9.90 Å². The van der Waals surface area contributed by atoms with Gasteiger partial charge in [-0.15, -0.1) is 0 Å². The van der Waals surface area contributed by atoms with Crippen molar-refractivity contribution in [2.24, 2.45) is 0 Å². The van der Waals surface area contributed by atoms with Crippen LogP contribution in [0.5, 0.6) is 5.75 Å². The lowest BCUT2D eigenvalue weighted by molar-refractivity contribution is 0.126. The summed E-state index contributed by atoms with van der Waals surface area (Å²) in [6, 6.07) is 16.8. The first-order valence-electron chi connectivity index (χ1n) is 9.50. The molecule has 0 fully saturated rings.